The molecule has 25 heavy (non-hydrogen) atoms. The van der Waals surface area contributed by atoms with Gasteiger partial charge in [-0.15, -0.1) is 11.8 Å². The van der Waals surface area contributed by atoms with Crippen LogP contribution in [-0.2, 0) is 0 Å². The van der Waals surface area contributed by atoms with Crippen molar-refractivity contribution < 1.29 is 9.90 Å². The van der Waals surface area contributed by atoms with Crippen molar-refractivity contribution in [1.29, 1.82) is 0 Å². The number of urea groups is 1. The highest BCUT2D eigenvalue weighted by molar-refractivity contribution is 8.00. The van der Waals surface area contributed by atoms with Gasteiger partial charge in [-0.05, 0) is 42.0 Å². The summed E-state index contributed by atoms with van der Waals surface area (Å²) in [6.07, 6.45) is 0.365. The van der Waals surface area contributed by atoms with E-state index in [-0.39, 0.29) is 22.1 Å². The Morgan fingerprint density at radius 3 is 2.24 bits per heavy atom. The molecule has 5 heteroatoms. The number of rotatable bonds is 2. The van der Waals surface area contributed by atoms with Gasteiger partial charge in [0.25, 0.3) is 0 Å². The van der Waals surface area contributed by atoms with Gasteiger partial charge in [-0.3, -0.25) is 0 Å². The van der Waals surface area contributed by atoms with Gasteiger partial charge >= 0.3 is 6.03 Å². The summed E-state index contributed by atoms with van der Waals surface area (Å²) in [6.45, 7) is 14.1. The standard InChI is InChI=1S/C20H32N2O2S/c1-19(2,3)16-11-12-22(13-17(16)23)18(24)21-14-7-9-15(10-8-14)25-20(4,5)6/h7-10,16-17,23H,11-13H2,1-6H3,(H,21,24)/t16-,17+/m1/s1. The van der Waals surface area contributed by atoms with Gasteiger partial charge in [0, 0.05) is 28.4 Å². The molecule has 0 radical (unpaired) electrons. The average molecular weight is 365 g/mol. The van der Waals surface area contributed by atoms with Crippen molar-refractivity contribution >= 4 is 23.5 Å². The largest absolute Gasteiger partial charge is 0.391 e. The second kappa shape index (κ2) is 7.58. The average Bonchev–Trinajstić information content (AvgIpc) is 2.46. The zero-order valence-corrected chi connectivity index (χ0v) is 17.1. The number of nitrogens with zero attached hydrogens (tertiary/aromatic N) is 1. The SMILES string of the molecule is CC(C)(C)Sc1ccc(NC(=O)N2CC[C@@H](C(C)(C)C)[C@@H](O)C2)cc1. The van der Waals surface area contributed by atoms with Gasteiger partial charge in [0.15, 0.2) is 0 Å². The number of piperidine rings is 1. The fourth-order valence-electron chi connectivity index (χ4n) is 3.29. The van der Waals surface area contributed by atoms with Crippen molar-refractivity contribution in [3.8, 4) is 0 Å². The molecule has 1 fully saturated rings. The Hall–Kier alpha value is -1.20. The van der Waals surface area contributed by atoms with Gasteiger partial charge < -0.3 is 15.3 Å². The van der Waals surface area contributed by atoms with E-state index in [4.69, 9.17) is 0 Å². The predicted molar refractivity (Wildman–Crippen MR) is 106 cm³/mol. The number of aliphatic hydroxyl groups is 1. The molecule has 1 saturated heterocycles. The molecule has 1 aliphatic heterocycles. The van der Waals surface area contributed by atoms with Gasteiger partial charge in [0.2, 0.25) is 0 Å². The number of hydrogen-bond acceptors (Lipinski definition) is 3. The Labute approximate surface area is 156 Å². The van der Waals surface area contributed by atoms with E-state index in [1.807, 2.05) is 24.3 Å². The summed E-state index contributed by atoms with van der Waals surface area (Å²) >= 11 is 1.80. The number of likely N-dealkylation sites (tertiary alicyclic amines) is 1. The number of thioether (sulfide) groups is 1. The summed E-state index contributed by atoms with van der Waals surface area (Å²) < 4.78 is 0.165. The second-order valence-corrected chi connectivity index (χ2v) is 10.8. The number of benzene rings is 1. The van der Waals surface area contributed by atoms with Crippen molar-refractivity contribution in [3.05, 3.63) is 24.3 Å². The minimum Gasteiger partial charge on any atom is -0.391 e. The number of hydrogen-bond donors (Lipinski definition) is 2. The number of carbonyl (C=O) groups excluding carboxylic acids is 1. The first kappa shape index (κ1) is 20.1. The fraction of sp³-hybridized carbons (Fsp3) is 0.650. The molecular formula is C20H32N2O2S. The van der Waals surface area contributed by atoms with Crippen LogP contribution >= 0.6 is 11.8 Å². The number of anilines is 1. The van der Waals surface area contributed by atoms with Gasteiger partial charge in [-0.25, -0.2) is 4.79 Å². The monoisotopic (exact) mass is 364 g/mol. The lowest BCUT2D eigenvalue weighted by molar-refractivity contribution is -0.0107. The van der Waals surface area contributed by atoms with Crippen LogP contribution in [0.2, 0.25) is 0 Å². The molecule has 0 aliphatic carbocycles. The first-order valence-electron chi connectivity index (χ1n) is 8.99. The number of amides is 2. The van der Waals surface area contributed by atoms with Gasteiger partial charge in [-0.1, -0.05) is 41.5 Å². The molecule has 1 heterocycles. The summed E-state index contributed by atoms with van der Waals surface area (Å²) in [4.78, 5) is 15.4. The Balaban J connectivity index is 1.92. The van der Waals surface area contributed by atoms with Crippen LogP contribution in [0.1, 0.15) is 48.0 Å². The van der Waals surface area contributed by atoms with Gasteiger partial charge in [0.1, 0.15) is 0 Å². The van der Waals surface area contributed by atoms with E-state index in [9.17, 15) is 9.90 Å². The molecule has 4 nitrogen and oxygen atoms in total. The Morgan fingerprint density at radius 1 is 1.16 bits per heavy atom. The maximum atomic E-state index is 12.5. The third kappa shape index (κ3) is 5.93. The van der Waals surface area contributed by atoms with E-state index in [0.717, 1.165) is 12.1 Å². The molecule has 0 aromatic heterocycles. The normalized spacial score (nSPS) is 22.0. The van der Waals surface area contributed by atoms with Crippen molar-refractivity contribution in [2.45, 2.75) is 63.7 Å². The molecule has 2 atom stereocenters. The van der Waals surface area contributed by atoms with Crippen LogP contribution < -0.4 is 5.32 Å². The van der Waals surface area contributed by atoms with Crippen molar-refractivity contribution in [1.82, 2.24) is 4.90 Å². The molecule has 1 aliphatic rings. The zero-order valence-electron chi connectivity index (χ0n) is 16.3. The molecule has 2 N–H and O–H groups in total. The van der Waals surface area contributed by atoms with Crippen molar-refractivity contribution in [2.75, 3.05) is 18.4 Å². The van der Waals surface area contributed by atoms with E-state index in [1.165, 1.54) is 4.90 Å². The Kier molecular flexibility index (Phi) is 6.10. The van der Waals surface area contributed by atoms with Crippen LogP contribution in [0.25, 0.3) is 0 Å². The molecule has 2 rings (SSSR count). The summed E-state index contributed by atoms with van der Waals surface area (Å²) in [6, 6.07) is 7.80. The topological polar surface area (TPSA) is 52.6 Å². The van der Waals surface area contributed by atoms with Crippen LogP contribution in [-0.4, -0.2) is 40.0 Å². The van der Waals surface area contributed by atoms with Crippen molar-refractivity contribution in [3.63, 3.8) is 0 Å². The number of nitrogens with one attached hydrogen (secondary N) is 1. The summed E-state index contributed by atoms with van der Waals surface area (Å²) in [5.74, 6) is 0.227. The highest BCUT2D eigenvalue weighted by Gasteiger charge is 2.37. The van der Waals surface area contributed by atoms with E-state index >= 15 is 0 Å². The number of carbonyl (C=O) groups is 1. The fourth-order valence-corrected chi connectivity index (χ4v) is 4.27. The van der Waals surface area contributed by atoms with Gasteiger partial charge in [0.05, 0.1) is 6.10 Å². The molecule has 1 aromatic rings. The first-order valence-corrected chi connectivity index (χ1v) is 9.80. The summed E-state index contributed by atoms with van der Waals surface area (Å²) in [5.41, 5.74) is 0.846. The zero-order chi connectivity index (χ0) is 18.8. The Morgan fingerprint density at radius 2 is 1.76 bits per heavy atom. The smallest absolute Gasteiger partial charge is 0.321 e. The number of aliphatic hydroxyl groups excluding tert-OH is 1. The number of β-amino-alcohol motifs (C(OH)–C–C–N with tert-alkyl or cyclic N) is 1. The van der Waals surface area contributed by atoms with E-state index in [2.05, 4.69) is 46.9 Å². The lowest BCUT2D eigenvalue weighted by atomic mass is 9.74. The highest BCUT2D eigenvalue weighted by atomic mass is 32.2. The quantitative estimate of drug-likeness (QED) is 0.739. The van der Waals surface area contributed by atoms with E-state index < -0.39 is 6.10 Å². The molecule has 1 aromatic carbocycles. The highest BCUT2D eigenvalue weighted by Crippen LogP contribution is 2.35. The van der Waals surface area contributed by atoms with Crippen molar-refractivity contribution in [2.24, 2.45) is 11.3 Å². The predicted octanol–water partition coefficient (Wildman–Crippen LogP) is 4.84. The third-order valence-corrected chi connectivity index (χ3v) is 5.63. The maximum Gasteiger partial charge on any atom is 0.321 e. The molecule has 140 valence electrons. The molecule has 2 amide bonds. The van der Waals surface area contributed by atoms with E-state index in [1.54, 1.807) is 16.7 Å². The molecule has 0 saturated carbocycles. The lowest BCUT2D eigenvalue weighted by Gasteiger charge is -2.42. The minimum atomic E-state index is -0.468. The van der Waals surface area contributed by atoms with Crippen LogP contribution in [0.15, 0.2) is 29.2 Å². The summed E-state index contributed by atoms with van der Waals surface area (Å²) in [5, 5.41) is 13.4. The van der Waals surface area contributed by atoms with Crippen LogP contribution in [0.4, 0.5) is 10.5 Å². The maximum absolute atomic E-state index is 12.5. The molecular weight excluding hydrogens is 332 g/mol. The molecule has 0 bridgehead atoms. The van der Waals surface area contributed by atoms with E-state index in [0.29, 0.717) is 13.1 Å². The molecule has 0 spiro atoms. The third-order valence-electron chi connectivity index (χ3n) is 4.51. The van der Waals surface area contributed by atoms with Gasteiger partial charge in [-0.2, -0.15) is 0 Å². The minimum absolute atomic E-state index is 0.0581. The first-order chi connectivity index (χ1) is 11.5. The lowest BCUT2D eigenvalue weighted by Crippen LogP contribution is -2.51. The van der Waals surface area contributed by atoms with Crippen LogP contribution in [0, 0.1) is 11.3 Å². The van der Waals surface area contributed by atoms with Crippen LogP contribution in [0.5, 0.6) is 0 Å². The Bertz CT molecular complexity index is 587. The summed E-state index contributed by atoms with van der Waals surface area (Å²) in [7, 11) is 0. The second-order valence-electron chi connectivity index (χ2n) is 8.94. The van der Waals surface area contributed by atoms with Crippen LogP contribution in [0.3, 0.4) is 0 Å². The molecule has 0 unspecified atom stereocenters.